The third-order valence-electron chi connectivity index (χ3n) is 4.62. The summed E-state index contributed by atoms with van der Waals surface area (Å²) in [5.74, 6) is -2.73. The van der Waals surface area contributed by atoms with Crippen LogP contribution in [-0.4, -0.2) is 39.2 Å². The molecular formula is C18H20F2N4O4. The highest BCUT2D eigenvalue weighted by molar-refractivity contribution is 5.81. The Bertz CT molecular complexity index is 873. The summed E-state index contributed by atoms with van der Waals surface area (Å²) in [6.07, 6.45) is -0.864. The standard InChI is InChI=1S/C18H20F2N4O4/c1-9-22-15(24-28-9)8-21-18(27)11-5-13(14(25)6-11)23-16(26)7-10-3-2-4-12(19)17(10)20/h2-4,11,13-14,25H,5-8H2,1H3,(H,21,27)(H,23,26)/t11-,13+,14+/m0/s1. The zero-order valence-electron chi connectivity index (χ0n) is 15.1. The maximum Gasteiger partial charge on any atom is 0.224 e. The molecule has 3 N–H and O–H groups in total. The topological polar surface area (TPSA) is 117 Å². The summed E-state index contributed by atoms with van der Waals surface area (Å²) >= 11 is 0. The number of carbonyl (C=O) groups is 2. The predicted octanol–water partition coefficient (Wildman–Crippen LogP) is 0.771. The number of halogens is 2. The number of amides is 2. The lowest BCUT2D eigenvalue weighted by molar-refractivity contribution is -0.125. The first-order chi connectivity index (χ1) is 13.3. The summed E-state index contributed by atoms with van der Waals surface area (Å²) < 4.78 is 31.7. The highest BCUT2D eigenvalue weighted by Crippen LogP contribution is 2.26. The van der Waals surface area contributed by atoms with Crippen LogP contribution in [0.15, 0.2) is 22.7 Å². The summed E-state index contributed by atoms with van der Waals surface area (Å²) in [5.41, 5.74) is -0.0744. The smallest absolute Gasteiger partial charge is 0.224 e. The Balaban J connectivity index is 1.50. The number of aliphatic hydroxyl groups is 1. The van der Waals surface area contributed by atoms with Crippen molar-refractivity contribution in [1.29, 1.82) is 0 Å². The molecule has 0 unspecified atom stereocenters. The van der Waals surface area contributed by atoms with Gasteiger partial charge in [0.15, 0.2) is 17.5 Å². The molecule has 2 aromatic rings. The van der Waals surface area contributed by atoms with Crippen molar-refractivity contribution in [1.82, 2.24) is 20.8 Å². The van der Waals surface area contributed by atoms with Crippen LogP contribution in [0.25, 0.3) is 0 Å². The largest absolute Gasteiger partial charge is 0.391 e. The third-order valence-corrected chi connectivity index (χ3v) is 4.62. The van der Waals surface area contributed by atoms with Crippen molar-refractivity contribution in [3.05, 3.63) is 47.1 Å². The molecule has 1 aliphatic rings. The molecule has 150 valence electrons. The van der Waals surface area contributed by atoms with Gasteiger partial charge in [-0.05, 0) is 18.9 Å². The summed E-state index contributed by atoms with van der Waals surface area (Å²) in [6.45, 7) is 1.73. The fourth-order valence-corrected chi connectivity index (χ4v) is 3.22. The molecule has 28 heavy (non-hydrogen) atoms. The van der Waals surface area contributed by atoms with Crippen LogP contribution in [0, 0.1) is 24.5 Å². The first kappa shape index (κ1) is 19.9. The summed E-state index contributed by atoms with van der Waals surface area (Å²) in [7, 11) is 0. The van der Waals surface area contributed by atoms with E-state index >= 15 is 0 Å². The molecule has 1 aromatic heterocycles. The van der Waals surface area contributed by atoms with Gasteiger partial charge in [0.1, 0.15) is 0 Å². The van der Waals surface area contributed by atoms with Crippen molar-refractivity contribution < 1.29 is 28.0 Å². The molecule has 1 aliphatic carbocycles. The van der Waals surface area contributed by atoms with Crippen LogP contribution in [0.5, 0.6) is 0 Å². The number of nitrogens with zero attached hydrogens (tertiary/aromatic N) is 2. The monoisotopic (exact) mass is 394 g/mol. The molecule has 0 spiro atoms. The number of rotatable bonds is 6. The summed E-state index contributed by atoms with van der Waals surface area (Å²) in [4.78, 5) is 28.4. The molecule has 3 rings (SSSR count). The lowest BCUT2D eigenvalue weighted by Gasteiger charge is -2.16. The van der Waals surface area contributed by atoms with E-state index in [4.69, 9.17) is 4.52 Å². The highest BCUT2D eigenvalue weighted by atomic mass is 19.2. The Morgan fingerprint density at radius 2 is 2.11 bits per heavy atom. The zero-order chi connectivity index (χ0) is 20.3. The van der Waals surface area contributed by atoms with E-state index in [1.54, 1.807) is 6.92 Å². The first-order valence-corrected chi connectivity index (χ1v) is 8.80. The van der Waals surface area contributed by atoms with Crippen molar-refractivity contribution in [2.75, 3.05) is 0 Å². The van der Waals surface area contributed by atoms with Crippen LogP contribution in [0.4, 0.5) is 8.78 Å². The number of hydrogen-bond acceptors (Lipinski definition) is 6. The lowest BCUT2D eigenvalue weighted by Crippen LogP contribution is -2.41. The molecule has 0 aliphatic heterocycles. The second kappa shape index (κ2) is 8.42. The van der Waals surface area contributed by atoms with Gasteiger partial charge in [-0.1, -0.05) is 17.3 Å². The molecule has 1 fully saturated rings. The first-order valence-electron chi connectivity index (χ1n) is 8.80. The molecule has 1 aromatic carbocycles. The molecule has 10 heteroatoms. The number of aliphatic hydroxyl groups excluding tert-OH is 1. The van der Waals surface area contributed by atoms with Crippen LogP contribution in [0.3, 0.4) is 0 Å². The van der Waals surface area contributed by atoms with Crippen molar-refractivity contribution in [3.63, 3.8) is 0 Å². The summed E-state index contributed by atoms with van der Waals surface area (Å²) in [6, 6.07) is 2.96. The quantitative estimate of drug-likeness (QED) is 0.666. The molecule has 0 radical (unpaired) electrons. The number of benzene rings is 1. The van der Waals surface area contributed by atoms with Gasteiger partial charge in [0.2, 0.25) is 17.7 Å². The van der Waals surface area contributed by atoms with Crippen LogP contribution in [-0.2, 0) is 22.6 Å². The van der Waals surface area contributed by atoms with Crippen LogP contribution in [0.2, 0.25) is 0 Å². The van der Waals surface area contributed by atoms with E-state index in [1.165, 1.54) is 12.1 Å². The van der Waals surface area contributed by atoms with E-state index in [-0.39, 0.29) is 37.3 Å². The van der Waals surface area contributed by atoms with E-state index in [2.05, 4.69) is 20.8 Å². The molecule has 2 amide bonds. The van der Waals surface area contributed by atoms with E-state index in [1.807, 2.05) is 0 Å². The molecule has 1 saturated carbocycles. The number of aryl methyl sites for hydroxylation is 1. The summed E-state index contributed by atoms with van der Waals surface area (Å²) in [5, 5.41) is 19.1. The van der Waals surface area contributed by atoms with Gasteiger partial charge >= 0.3 is 0 Å². The van der Waals surface area contributed by atoms with Crippen LogP contribution in [0.1, 0.15) is 30.1 Å². The van der Waals surface area contributed by atoms with Gasteiger partial charge in [-0.25, -0.2) is 8.78 Å². The van der Waals surface area contributed by atoms with Gasteiger partial charge in [0.25, 0.3) is 0 Å². The second-order valence-corrected chi connectivity index (χ2v) is 6.75. The second-order valence-electron chi connectivity index (χ2n) is 6.75. The number of aromatic nitrogens is 2. The van der Waals surface area contributed by atoms with Gasteiger partial charge in [-0.3, -0.25) is 9.59 Å². The van der Waals surface area contributed by atoms with Crippen molar-refractivity contribution in [2.24, 2.45) is 5.92 Å². The van der Waals surface area contributed by atoms with Gasteiger partial charge < -0.3 is 20.3 Å². The zero-order valence-corrected chi connectivity index (χ0v) is 15.1. The Labute approximate surface area is 159 Å². The number of hydrogen-bond donors (Lipinski definition) is 3. The number of carbonyl (C=O) groups excluding carboxylic acids is 2. The predicted molar refractivity (Wildman–Crippen MR) is 91.6 cm³/mol. The minimum Gasteiger partial charge on any atom is -0.391 e. The Kier molecular flexibility index (Phi) is 5.98. The van der Waals surface area contributed by atoms with Gasteiger partial charge in [-0.2, -0.15) is 4.98 Å². The van der Waals surface area contributed by atoms with Crippen molar-refractivity contribution in [2.45, 2.75) is 44.9 Å². The SMILES string of the molecule is Cc1nc(CNC(=O)[C@@H]2C[C@@H](O)[C@H](NC(=O)Cc3cccc(F)c3F)C2)no1. The van der Waals surface area contributed by atoms with Crippen molar-refractivity contribution >= 4 is 11.8 Å². The van der Waals surface area contributed by atoms with Gasteiger partial charge in [0, 0.05) is 18.4 Å². The average Bonchev–Trinajstić information content (AvgIpc) is 3.23. The van der Waals surface area contributed by atoms with Gasteiger partial charge in [0.05, 0.1) is 25.1 Å². The van der Waals surface area contributed by atoms with Crippen molar-refractivity contribution in [3.8, 4) is 0 Å². The Hall–Kier alpha value is -2.88. The van der Waals surface area contributed by atoms with E-state index < -0.39 is 35.6 Å². The van der Waals surface area contributed by atoms with E-state index in [0.29, 0.717) is 11.7 Å². The minimum atomic E-state index is -1.07. The minimum absolute atomic E-state index is 0.0744. The number of nitrogens with one attached hydrogen (secondary N) is 2. The third kappa shape index (κ3) is 4.69. The molecule has 1 heterocycles. The molecule has 0 saturated heterocycles. The Morgan fingerprint density at radius 3 is 2.82 bits per heavy atom. The molecular weight excluding hydrogens is 374 g/mol. The molecule has 0 bridgehead atoms. The Morgan fingerprint density at radius 1 is 1.32 bits per heavy atom. The van der Waals surface area contributed by atoms with Gasteiger partial charge in [-0.15, -0.1) is 0 Å². The maximum atomic E-state index is 13.7. The van der Waals surface area contributed by atoms with Crippen LogP contribution >= 0.6 is 0 Å². The van der Waals surface area contributed by atoms with E-state index in [0.717, 1.165) is 6.07 Å². The fraction of sp³-hybridized carbons (Fsp3) is 0.444. The van der Waals surface area contributed by atoms with Crippen LogP contribution < -0.4 is 10.6 Å². The molecule has 8 nitrogen and oxygen atoms in total. The fourth-order valence-electron chi connectivity index (χ4n) is 3.22. The average molecular weight is 394 g/mol. The van der Waals surface area contributed by atoms with E-state index in [9.17, 15) is 23.5 Å². The highest BCUT2D eigenvalue weighted by Gasteiger charge is 2.37. The normalized spacial score (nSPS) is 21.5. The molecule has 3 atom stereocenters. The maximum absolute atomic E-state index is 13.7. The lowest BCUT2D eigenvalue weighted by atomic mass is 10.1.